The number of ether oxygens (including phenoxy) is 1. The van der Waals surface area contributed by atoms with Gasteiger partial charge in [0.2, 0.25) is 0 Å². The van der Waals surface area contributed by atoms with Crippen molar-refractivity contribution in [2.45, 2.75) is 19.6 Å². The highest BCUT2D eigenvalue weighted by atomic mass is 32.1. The fraction of sp³-hybridized carbons (Fsp3) is 0.462. The Labute approximate surface area is 110 Å². The molecule has 0 radical (unpaired) electrons. The lowest BCUT2D eigenvalue weighted by Crippen LogP contribution is -2.40. The lowest BCUT2D eigenvalue weighted by Gasteiger charge is -2.30. The third-order valence-corrected chi connectivity index (χ3v) is 3.74. The average Bonchev–Trinajstić information content (AvgIpc) is 2.74. The fourth-order valence-corrected chi connectivity index (χ4v) is 2.89. The Morgan fingerprint density at radius 2 is 2.56 bits per heavy atom. The maximum absolute atomic E-state index is 10.4. The third kappa shape index (κ3) is 3.94. The largest absolute Gasteiger partial charge is 0.478 e. The number of carbonyl (C=O) groups is 1. The van der Waals surface area contributed by atoms with Crippen molar-refractivity contribution in [2.24, 2.45) is 0 Å². The summed E-state index contributed by atoms with van der Waals surface area (Å²) in [5, 5.41) is 10.6. The molecule has 1 atom stereocenters. The first kappa shape index (κ1) is 13.3. The van der Waals surface area contributed by atoms with Crippen LogP contribution in [0, 0.1) is 0 Å². The van der Waals surface area contributed by atoms with Crippen LogP contribution >= 0.6 is 11.3 Å². The summed E-state index contributed by atoms with van der Waals surface area (Å²) in [4.78, 5) is 14.1. The Balaban J connectivity index is 1.91. The first-order valence-corrected chi connectivity index (χ1v) is 6.84. The van der Waals surface area contributed by atoms with Crippen LogP contribution in [0.4, 0.5) is 0 Å². The molecule has 18 heavy (non-hydrogen) atoms. The van der Waals surface area contributed by atoms with Crippen molar-refractivity contribution in [1.29, 1.82) is 0 Å². The summed E-state index contributed by atoms with van der Waals surface area (Å²) >= 11 is 1.67. The zero-order valence-corrected chi connectivity index (χ0v) is 11.2. The minimum absolute atomic E-state index is 0.296. The van der Waals surface area contributed by atoms with E-state index in [1.54, 1.807) is 17.4 Å². The first-order valence-electron chi connectivity index (χ1n) is 5.96. The zero-order valence-electron chi connectivity index (χ0n) is 10.3. The predicted molar refractivity (Wildman–Crippen MR) is 71.7 cm³/mol. The van der Waals surface area contributed by atoms with Crippen LogP contribution < -0.4 is 0 Å². The van der Waals surface area contributed by atoms with Gasteiger partial charge in [0.15, 0.2) is 0 Å². The zero-order chi connectivity index (χ0) is 13.0. The number of aliphatic carboxylic acids is 1. The second-order valence-corrected chi connectivity index (χ2v) is 5.43. The molecule has 98 valence electrons. The molecule has 1 unspecified atom stereocenters. The number of hydrogen-bond acceptors (Lipinski definition) is 4. The molecule has 4 nitrogen and oxygen atoms in total. The van der Waals surface area contributed by atoms with E-state index in [0.29, 0.717) is 6.10 Å². The molecule has 1 N–H and O–H groups in total. The van der Waals surface area contributed by atoms with Crippen LogP contribution in [0.15, 0.2) is 17.5 Å². The van der Waals surface area contributed by atoms with Crippen molar-refractivity contribution in [2.75, 3.05) is 19.7 Å². The van der Waals surface area contributed by atoms with Crippen LogP contribution in [0.5, 0.6) is 0 Å². The average molecular weight is 267 g/mol. The molecule has 0 bridgehead atoms. The molecule has 1 fully saturated rings. The van der Waals surface area contributed by atoms with Crippen LogP contribution in [-0.4, -0.2) is 41.8 Å². The summed E-state index contributed by atoms with van der Waals surface area (Å²) in [7, 11) is 0. The van der Waals surface area contributed by atoms with Gasteiger partial charge in [-0.2, -0.15) is 0 Å². The predicted octanol–water partition coefficient (Wildman–Crippen LogP) is 2.07. The van der Waals surface area contributed by atoms with Crippen molar-refractivity contribution in [3.05, 3.63) is 28.0 Å². The molecule has 1 aromatic rings. The van der Waals surface area contributed by atoms with E-state index >= 15 is 0 Å². The second kappa shape index (κ2) is 6.13. The van der Waals surface area contributed by atoms with E-state index in [4.69, 9.17) is 9.84 Å². The Bertz CT molecular complexity index is 441. The standard InChI is InChI=1S/C13H17NO3S/c1-10-7-14(4-5-17-10)8-12-6-11(9-18-12)2-3-13(15)16/h2-3,6,9-10H,4-5,7-8H2,1H3,(H,15,16). The van der Waals surface area contributed by atoms with Gasteiger partial charge < -0.3 is 9.84 Å². The minimum atomic E-state index is -0.912. The number of carboxylic acid groups (broad SMARTS) is 1. The fourth-order valence-electron chi connectivity index (χ4n) is 1.99. The summed E-state index contributed by atoms with van der Waals surface area (Å²) < 4.78 is 5.50. The molecule has 1 aliphatic heterocycles. The van der Waals surface area contributed by atoms with Crippen LogP contribution in [0.25, 0.3) is 6.08 Å². The van der Waals surface area contributed by atoms with Gasteiger partial charge >= 0.3 is 5.97 Å². The number of morpholine rings is 1. The van der Waals surface area contributed by atoms with Gasteiger partial charge in [0.1, 0.15) is 0 Å². The summed E-state index contributed by atoms with van der Waals surface area (Å²) in [6.45, 7) is 5.71. The van der Waals surface area contributed by atoms with Gasteiger partial charge in [0.05, 0.1) is 12.7 Å². The first-order chi connectivity index (χ1) is 8.63. The SMILES string of the molecule is CC1CN(Cc2cc(C=CC(=O)O)cs2)CCO1. The minimum Gasteiger partial charge on any atom is -0.478 e. The van der Waals surface area contributed by atoms with E-state index in [1.807, 2.05) is 11.4 Å². The van der Waals surface area contributed by atoms with Gasteiger partial charge in [-0.1, -0.05) is 0 Å². The normalized spacial score (nSPS) is 21.5. The second-order valence-electron chi connectivity index (χ2n) is 4.43. The van der Waals surface area contributed by atoms with Crippen LogP contribution in [-0.2, 0) is 16.1 Å². The highest BCUT2D eigenvalue weighted by molar-refractivity contribution is 7.10. The smallest absolute Gasteiger partial charge is 0.328 e. The summed E-state index contributed by atoms with van der Waals surface area (Å²) in [6.07, 6.45) is 3.09. The maximum atomic E-state index is 10.4. The lowest BCUT2D eigenvalue weighted by atomic mass is 10.2. The quantitative estimate of drug-likeness (QED) is 0.848. The maximum Gasteiger partial charge on any atom is 0.328 e. The van der Waals surface area contributed by atoms with Gasteiger partial charge in [-0.15, -0.1) is 11.3 Å². The van der Waals surface area contributed by atoms with E-state index < -0.39 is 5.97 Å². The van der Waals surface area contributed by atoms with E-state index in [2.05, 4.69) is 11.8 Å². The van der Waals surface area contributed by atoms with Crippen molar-refractivity contribution < 1.29 is 14.6 Å². The number of nitrogens with zero attached hydrogens (tertiary/aromatic N) is 1. The number of rotatable bonds is 4. The van der Waals surface area contributed by atoms with E-state index in [9.17, 15) is 4.79 Å². The molecule has 0 spiro atoms. The van der Waals surface area contributed by atoms with Gasteiger partial charge in [0.25, 0.3) is 0 Å². The Morgan fingerprint density at radius 3 is 3.28 bits per heavy atom. The molecule has 1 aliphatic rings. The topological polar surface area (TPSA) is 49.8 Å². The van der Waals surface area contributed by atoms with Crippen LogP contribution in [0.2, 0.25) is 0 Å². The van der Waals surface area contributed by atoms with Crippen molar-refractivity contribution in [1.82, 2.24) is 4.90 Å². The van der Waals surface area contributed by atoms with Crippen molar-refractivity contribution >= 4 is 23.4 Å². The molecule has 0 aromatic carbocycles. The highest BCUT2D eigenvalue weighted by Gasteiger charge is 2.16. The number of carboxylic acids is 1. The third-order valence-electron chi connectivity index (χ3n) is 2.80. The van der Waals surface area contributed by atoms with Crippen LogP contribution in [0.1, 0.15) is 17.4 Å². The summed E-state index contributed by atoms with van der Waals surface area (Å²) in [6, 6.07) is 2.05. The molecule has 1 saturated heterocycles. The Morgan fingerprint density at radius 1 is 1.72 bits per heavy atom. The monoisotopic (exact) mass is 267 g/mol. The Hall–Kier alpha value is -1.17. The molecule has 2 heterocycles. The van der Waals surface area contributed by atoms with Gasteiger partial charge in [0, 0.05) is 30.6 Å². The van der Waals surface area contributed by atoms with Crippen molar-refractivity contribution in [3.63, 3.8) is 0 Å². The molecule has 5 heteroatoms. The van der Waals surface area contributed by atoms with Gasteiger partial charge in [-0.3, -0.25) is 4.90 Å². The van der Waals surface area contributed by atoms with E-state index in [1.165, 1.54) is 11.0 Å². The molecule has 2 rings (SSSR count). The number of hydrogen-bond donors (Lipinski definition) is 1. The molecule has 1 aromatic heterocycles. The molecular formula is C13H17NO3S. The van der Waals surface area contributed by atoms with E-state index in [0.717, 1.165) is 31.8 Å². The lowest BCUT2D eigenvalue weighted by molar-refractivity contribution is -0.131. The van der Waals surface area contributed by atoms with Gasteiger partial charge in [-0.25, -0.2) is 4.79 Å². The van der Waals surface area contributed by atoms with Gasteiger partial charge in [-0.05, 0) is 30.0 Å². The molecule has 0 aliphatic carbocycles. The summed E-state index contributed by atoms with van der Waals surface area (Å²) in [5.41, 5.74) is 0.957. The molecule has 0 amide bonds. The highest BCUT2D eigenvalue weighted by Crippen LogP contribution is 2.19. The summed E-state index contributed by atoms with van der Waals surface area (Å²) in [5.74, 6) is -0.912. The van der Waals surface area contributed by atoms with Crippen LogP contribution in [0.3, 0.4) is 0 Å². The molecular weight excluding hydrogens is 250 g/mol. The Kier molecular flexibility index (Phi) is 4.52. The number of thiophene rings is 1. The molecule has 0 saturated carbocycles. The van der Waals surface area contributed by atoms with E-state index in [-0.39, 0.29) is 0 Å². The van der Waals surface area contributed by atoms with Crippen molar-refractivity contribution in [3.8, 4) is 0 Å².